The van der Waals surface area contributed by atoms with E-state index in [4.69, 9.17) is 13.9 Å². The van der Waals surface area contributed by atoms with Gasteiger partial charge in [0.25, 0.3) is 11.4 Å². The smallest absolute Gasteiger partial charge is 0.453 e. The van der Waals surface area contributed by atoms with Gasteiger partial charge in [-0.25, -0.2) is 0 Å². The molecule has 0 saturated heterocycles. The molecule has 180 valence electrons. The third-order valence-corrected chi connectivity index (χ3v) is 5.05. The van der Waals surface area contributed by atoms with Gasteiger partial charge in [-0.05, 0) is 66.9 Å². The van der Waals surface area contributed by atoms with E-state index in [0.29, 0.717) is 5.56 Å². The zero-order valence-electron chi connectivity index (χ0n) is 18.5. The van der Waals surface area contributed by atoms with E-state index in [1.807, 2.05) is 6.07 Å². The molecule has 0 unspecified atom stereocenters. The number of fused-ring (bicyclic) bond motifs is 1. The van der Waals surface area contributed by atoms with Crippen LogP contribution in [0.1, 0.15) is 22.5 Å². The Morgan fingerprint density at radius 3 is 2.20 bits per heavy atom. The van der Waals surface area contributed by atoms with Gasteiger partial charge in [0.2, 0.25) is 11.2 Å². The van der Waals surface area contributed by atoms with Crippen molar-refractivity contribution in [2.45, 2.75) is 26.6 Å². The lowest BCUT2D eigenvalue weighted by atomic mass is 10.1. The topological polar surface area (TPSA) is 91.8 Å². The van der Waals surface area contributed by atoms with Gasteiger partial charge in [-0.3, -0.25) is 14.9 Å². The minimum absolute atomic E-state index is 0.00619. The fourth-order valence-corrected chi connectivity index (χ4v) is 3.52. The van der Waals surface area contributed by atoms with Crippen LogP contribution in [-0.2, 0) is 12.8 Å². The number of nitro benzene ring substituents is 1. The Balaban J connectivity index is 1.68. The Bertz CT molecular complexity index is 1460. The Morgan fingerprint density at radius 1 is 0.943 bits per heavy atom. The maximum Gasteiger partial charge on any atom is 0.453 e. The molecule has 0 amide bonds. The second-order valence-corrected chi connectivity index (χ2v) is 7.88. The Kier molecular flexibility index (Phi) is 6.21. The molecular formula is C25H18F3NO6. The van der Waals surface area contributed by atoms with Crippen LogP contribution in [0.25, 0.3) is 11.0 Å². The zero-order valence-corrected chi connectivity index (χ0v) is 18.5. The first-order valence-corrected chi connectivity index (χ1v) is 10.3. The predicted molar refractivity (Wildman–Crippen MR) is 121 cm³/mol. The van der Waals surface area contributed by atoms with E-state index in [2.05, 4.69) is 0 Å². The molecule has 0 saturated carbocycles. The van der Waals surface area contributed by atoms with Crippen molar-refractivity contribution in [2.24, 2.45) is 0 Å². The molecule has 10 heteroatoms. The van der Waals surface area contributed by atoms with Gasteiger partial charge >= 0.3 is 6.18 Å². The number of alkyl halides is 3. The molecule has 35 heavy (non-hydrogen) atoms. The van der Waals surface area contributed by atoms with E-state index in [1.165, 1.54) is 54.6 Å². The fourth-order valence-electron chi connectivity index (χ4n) is 3.52. The van der Waals surface area contributed by atoms with Crippen molar-refractivity contribution in [3.8, 4) is 17.2 Å². The predicted octanol–water partition coefficient (Wildman–Crippen LogP) is 6.71. The normalized spacial score (nSPS) is 11.5. The summed E-state index contributed by atoms with van der Waals surface area (Å²) < 4.78 is 57.4. The van der Waals surface area contributed by atoms with Crippen molar-refractivity contribution in [2.75, 3.05) is 0 Å². The number of ether oxygens (including phenoxy) is 2. The molecule has 4 aromatic rings. The number of nitrogens with zero attached hydrogens (tertiary/aromatic N) is 1. The molecule has 0 bridgehead atoms. The maximum absolute atomic E-state index is 13.8. The number of rotatable bonds is 6. The summed E-state index contributed by atoms with van der Waals surface area (Å²) in [5.74, 6) is -2.27. The summed E-state index contributed by atoms with van der Waals surface area (Å²) in [7, 11) is 0. The lowest BCUT2D eigenvalue weighted by molar-refractivity contribution is -0.384. The average molecular weight is 485 g/mol. The molecule has 0 fully saturated rings. The summed E-state index contributed by atoms with van der Waals surface area (Å²) in [5, 5.41) is 10.6. The lowest BCUT2D eigenvalue weighted by Gasteiger charge is -2.14. The third-order valence-electron chi connectivity index (χ3n) is 5.05. The van der Waals surface area contributed by atoms with Crippen LogP contribution >= 0.6 is 0 Å². The Morgan fingerprint density at radius 2 is 1.60 bits per heavy atom. The first-order chi connectivity index (χ1) is 16.5. The molecule has 0 aliphatic heterocycles. The van der Waals surface area contributed by atoms with E-state index < -0.39 is 28.0 Å². The van der Waals surface area contributed by atoms with Gasteiger partial charge in [-0.1, -0.05) is 6.07 Å². The Hall–Kier alpha value is -4.34. The van der Waals surface area contributed by atoms with E-state index in [0.717, 1.165) is 11.1 Å². The number of hydrogen-bond acceptors (Lipinski definition) is 6. The van der Waals surface area contributed by atoms with Crippen molar-refractivity contribution in [1.82, 2.24) is 0 Å². The summed E-state index contributed by atoms with van der Waals surface area (Å²) in [6.45, 7) is 3.50. The fraction of sp³-hybridized carbons (Fsp3) is 0.160. The summed E-state index contributed by atoms with van der Waals surface area (Å²) in [6.07, 6.45) is -4.99. The van der Waals surface area contributed by atoms with Gasteiger partial charge in [-0.15, -0.1) is 0 Å². The van der Waals surface area contributed by atoms with Crippen molar-refractivity contribution in [3.05, 3.63) is 103 Å². The summed E-state index contributed by atoms with van der Waals surface area (Å²) in [5.41, 5.74) is 0.739. The number of benzene rings is 3. The number of nitro groups is 1. The zero-order chi connectivity index (χ0) is 25.3. The standard InChI is InChI=1S/C25H18F3NO6/c1-14-9-15(2)11-19(10-14)34-23-22(30)20-8-7-18(12-21(20)35-24(23)25(26,27)28)33-13-16-3-5-17(6-4-16)29(31)32/h3-12H,13H2,1-2H3. The number of aryl methyl sites for hydroxylation is 2. The van der Waals surface area contributed by atoms with E-state index >= 15 is 0 Å². The lowest BCUT2D eigenvalue weighted by Crippen LogP contribution is -2.15. The van der Waals surface area contributed by atoms with Crippen LogP contribution in [0, 0.1) is 24.0 Å². The van der Waals surface area contributed by atoms with Crippen LogP contribution in [-0.4, -0.2) is 4.92 Å². The molecule has 0 aliphatic rings. The van der Waals surface area contributed by atoms with Crippen LogP contribution in [0.2, 0.25) is 0 Å². The van der Waals surface area contributed by atoms with Crippen LogP contribution in [0.4, 0.5) is 18.9 Å². The van der Waals surface area contributed by atoms with Gasteiger partial charge in [0.1, 0.15) is 23.7 Å². The third kappa shape index (κ3) is 5.26. The van der Waals surface area contributed by atoms with E-state index in [1.54, 1.807) is 13.8 Å². The van der Waals surface area contributed by atoms with E-state index in [9.17, 15) is 28.1 Å². The molecule has 7 nitrogen and oxygen atoms in total. The van der Waals surface area contributed by atoms with Crippen molar-refractivity contribution in [3.63, 3.8) is 0 Å². The SMILES string of the molecule is Cc1cc(C)cc(Oc2c(C(F)(F)F)oc3cc(OCc4ccc([N+](=O)[O-])cc4)ccc3c2=O)c1. The minimum Gasteiger partial charge on any atom is -0.489 e. The minimum atomic E-state index is -4.99. The second kappa shape index (κ2) is 9.13. The molecule has 3 aromatic carbocycles. The van der Waals surface area contributed by atoms with Crippen LogP contribution in [0.5, 0.6) is 17.2 Å². The highest BCUT2D eigenvalue weighted by molar-refractivity contribution is 5.79. The van der Waals surface area contributed by atoms with Crippen molar-refractivity contribution >= 4 is 16.7 Å². The van der Waals surface area contributed by atoms with Gasteiger partial charge < -0.3 is 13.9 Å². The number of hydrogen-bond donors (Lipinski definition) is 0. The summed E-state index contributed by atoms with van der Waals surface area (Å²) in [6, 6.07) is 14.4. The first-order valence-electron chi connectivity index (χ1n) is 10.3. The van der Waals surface area contributed by atoms with E-state index in [-0.39, 0.29) is 34.8 Å². The average Bonchev–Trinajstić information content (AvgIpc) is 2.78. The van der Waals surface area contributed by atoms with Gasteiger partial charge in [0.15, 0.2) is 0 Å². The van der Waals surface area contributed by atoms with Crippen LogP contribution in [0.3, 0.4) is 0 Å². The monoisotopic (exact) mass is 485 g/mol. The molecule has 1 aromatic heterocycles. The van der Waals surface area contributed by atoms with Crippen molar-refractivity contribution in [1.29, 1.82) is 0 Å². The molecule has 0 aliphatic carbocycles. The van der Waals surface area contributed by atoms with Crippen molar-refractivity contribution < 1.29 is 32.0 Å². The molecule has 4 rings (SSSR count). The van der Waals surface area contributed by atoms with Crippen LogP contribution < -0.4 is 14.9 Å². The number of non-ortho nitro benzene ring substituents is 1. The van der Waals surface area contributed by atoms with Gasteiger partial charge in [0.05, 0.1) is 10.3 Å². The molecule has 0 radical (unpaired) electrons. The molecule has 0 atom stereocenters. The summed E-state index contributed by atoms with van der Waals surface area (Å²) in [4.78, 5) is 23.2. The van der Waals surface area contributed by atoms with Gasteiger partial charge in [0, 0.05) is 18.2 Å². The number of halogens is 3. The highest BCUT2D eigenvalue weighted by atomic mass is 19.4. The highest BCUT2D eigenvalue weighted by Gasteiger charge is 2.40. The van der Waals surface area contributed by atoms with Gasteiger partial charge in [-0.2, -0.15) is 13.2 Å². The largest absolute Gasteiger partial charge is 0.489 e. The van der Waals surface area contributed by atoms with Crippen LogP contribution in [0.15, 0.2) is 69.9 Å². The molecular weight excluding hydrogens is 467 g/mol. The molecule has 0 spiro atoms. The quantitative estimate of drug-likeness (QED) is 0.223. The molecule has 1 heterocycles. The first kappa shape index (κ1) is 23.8. The second-order valence-electron chi connectivity index (χ2n) is 7.88. The molecule has 0 N–H and O–H groups in total. The highest BCUT2D eigenvalue weighted by Crippen LogP contribution is 2.39. The Labute approximate surface area is 196 Å². The summed E-state index contributed by atoms with van der Waals surface area (Å²) >= 11 is 0. The maximum atomic E-state index is 13.8.